The SMILES string of the molecule is CC.CC(=O)NCCC(=O)C(C)C. The van der Waals surface area contributed by atoms with E-state index in [1.807, 2.05) is 27.7 Å². The van der Waals surface area contributed by atoms with Gasteiger partial charge in [-0.15, -0.1) is 0 Å². The van der Waals surface area contributed by atoms with Gasteiger partial charge in [-0.1, -0.05) is 27.7 Å². The molecule has 0 radical (unpaired) electrons. The molecule has 1 N–H and O–H groups in total. The average Bonchev–Trinajstić information content (AvgIpc) is 2.07. The highest BCUT2D eigenvalue weighted by Gasteiger charge is 2.05. The van der Waals surface area contributed by atoms with Gasteiger partial charge in [-0.25, -0.2) is 0 Å². The van der Waals surface area contributed by atoms with Crippen LogP contribution in [0.3, 0.4) is 0 Å². The van der Waals surface area contributed by atoms with Gasteiger partial charge in [-0.05, 0) is 0 Å². The van der Waals surface area contributed by atoms with Gasteiger partial charge in [0.1, 0.15) is 5.78 Å². The summed E-state index contributed by atoms with van der Waals surface area (Å²) in [6.45, 7) is 9.62. The van der Waals surface area contributed by atoms with Crippen molar-refractivity contribution in [3.05, 3.63) is 0 Å². The van der Waals surface area contributed by atoms with Crippen LogP contribution in [0.4, 0.5) is 0 Å². The van der Waals surface area contributed by atoms with Gasteiger partial charge in [0.15, 0.2) is 0 Å². The number of carbonyl (C=O) groups is 2. The van der Waals surface area contributed by atoms with Gasteiger partial charge in [0, 0.05) is 25.8 Å². The lowest BCUT2D eigenvalue weighted by molar-refractivity contribution is -0.122. The minimum atomic E-state index is -0.0819. The number of rotatable bonds is 4. The quantitative estimate of drug-likeness (QED) is 0.729. The summed E-state index contributed by atoms with van der Waals surface area (Å²) in [5.41, 5.74) is 0. The molecule has 3 nitrogen and oxygen atoms in total. The number of amides is 1. The van der Waals surface area contributed by atoms with Crippen molar-refractivity contribution < 1.29 is 9.59 Å². The van der Waals surface area contributed by atoms with Crippen molar-refractivity contribution in [2.24, 2.45) is 5.92 Å². The van der Waals surface area contributed by atoms with Crippen LogP contribution in [0.5, 0.6) is 0 Å². The van der Waals surface area contributed by atoms with Crippen molar-refractivity contribution in [2.75, 3.05) is 6.54 Å². The van der Waals surface area contributed by atoms with Crippen molar-refractivity contribution in [2.45, 2.75) is 41.0 Å². The summed E-state index contributed by atoms with van der Waals surface area (Å²) in [4.78, 5) is 21.3. The molecule has 78 valence electrons. The van der Waals surface area contributed by atoms with E-state index in [0.29, 0.717) is 13.0 Å². The Labute approximate surface area is 80.9 Å². The van der Waals surface area contributed by atoms with E-state index in [9.17, 15) is 9.59 Å². The monoisotopic (exact) mass is 187 g/mol. The molecule has 3 heteroatoms. The molecule has 0 heterocycles. The second kappa shape index (κ2) is 9.23. The molecule has 0 saturated carbocycles. The molecule has 0 fully saturated rings. The molecule has 0 aromatic rings. The van der Waals surface area contributed by atoms with Crippen LogP contribution >= 0.6 is 0 Å². The van der Waals surface area contributed by atoms with Gasteiger partial charge in [0.25, 0.3) is 0 Å². The number of Topliss-reactive ketones (excluding diaryl/α,β-unsaturated/α-hetero) is 1. The number of nitrogens with one attached hydrogen (secondary N) is 1. The zero-order chi connectivity index (χ0) is 10.9. The van der Waals surface area contributed by atoms with Crippen LogP contribution in [-0.4, -0.2) is 18.2 Å². The minimum absolute atomic E-state index is 0.0729. The highest BCUT2D eigenvalue weighted by Crippen LogP contribution is 1.96. The van der Waals surface area contributed by atoms with E-state index in [-0.39, 0.29) is 17.6 Å². The first-order chi connectivity index (χ1) is 6.04. The Morgan fingerprint density at radius 2 is 1.69 bits per heavy atom. The van der Waals surface area contributed by atoms with Crippen LogP contribution in [0.2, 0.25) is 0 Å². The van der Waals surface area contributed by atoms with Crippen LogP contribution in [0.15, 0.2) is 0 Å². The molecule has 13 heavy (non-hydrogen) atoms. The summed E-state index contributed by atoms with van der Waals surface area (Å²) in [7, 11) is 0. The van der Waals surface area contributed by atoms with Gasteiger partial charge in [-0.3, -0.25) is 9.59 Å². The fourth-order valence-corrected chi connectivity index (χ4v) is 0.650. The Morgan fingerprint density at radius 3 is 2.00 bits per heavy atom. The van der Waals surface area contributed by atoms with Gasteiger partial charge in [-0.2, -0.15) is 0 Å². The highest BCUT2D eigenvalue weighted by atomic mass is 16.1. The minimum Gasteiger partial charge on any atom is -0.356 e. The molecule has 0 atom stereocenters. The molecule has 0 aromatic carbocycles. The van der Waals surface area contributed by atoms with Gasteiger partial charge >= 0.3 is 0 Å². The van der Waals surface area contributed by atoms with Gasteiger partial charge < -0.3 is 5.32 Å². The van der Waals surface area contributed by atoms with E-state index < -0.39 is 0 Å². The zero-order valence-corrected chi connectivity index (χ0v) is 9.31. The molecule has 0 bridgehead atoms. The third-order valence-corrected chi connectivity index (χ3v) is 1.39. The van der Waals surface area contributed by atoms with Crippen LogP contribution in [-0.2, 0) is 9.59 Å². The lowest BCUT2D eigenvalue weighted by Crippen LogP contribution is -2.24. The predicted molar refractivity (Wildman–Crippen MR) is 54.5 cm³/mol. The first kappa shape index (κ1) is 14.7. The summed E-state index contributed by atoms with van der Waals surface area (Å²) in [5, 5.41) is 2.57. The van der Waals surface area contributed by atoms with Crippen molar-refractivity contribution in [3.8, 4) is 0 Å². The Kier molecular flexibility index (Phi) is 10.4. The molecular formula is C10H21NO2. The first-order valence-electron chi connectivity index (χ1n) is 4.81. The van der Waals surface area contributed by atoms with Crippen LogP contribution in [0.25, 0.3) is 0 Å². The normalized spacial score (nSPS) is 8.77. The van der Waals surface area contributed by atoms with Crippen molar-refractivity contribution in [1.82, 2.24) is 5.32 Å². The Bertz CT molecular complexity index is 153. The third kappa shape index (κ3) is 11.1. The molecule has 0 rings (SSSR count). The lowest BCUT2D eigenvalue weighted by Gasteiger charge is -2.03. The van der Waals surface area contributed by atoms with Gasteiger partial charge in [0.2, 0.25) is 5.91 Å². The molecule has 0 aliphatic heterocycles. The average molecular weight is 187 g/mol. The molecule has 0 aliphatic rings. The van der Waals surface area contributed by atoms with Crippen LogP contribution in [0.1, 0.15) is 41.0 Å². The number of hydrogen-bond donors (Lipinski definition) is 1. The van der Waals surface area contributed by atoms with E-state index in [2.05, 4.69) is 5.32 Å². The number of hydrogen-bond acceptors (Lipinski definition) is 2. The summed E-state index contributed by atoms with van der Waals surface area (Å²) in [5.74, 6) is 0.184. The maximum absolute atomic E-state index is 11.0. The van der Waals surface area contributed by atoms with E-state index in [1.54, 1.807) is 0 Å². The molecular weight excluding hydrogens is 166 g/mol. The van der Waals surface area contributed by atoms with E-state index >= 15 is 0 Å². The molecule has 0 aliphatic carbocycles. The molecule has 0 spiro atoms. The molecule has 0 unspecified atom stereocenters. The fraction of sp³-hybridized carbons (Fsp3) is 0.800. The Morgan fingerprint density at radius 1 is 1.23 bits per heavy atom. The third-order valence-electron chi connectivity index (χ3n) is 1.39. The van der Waals surface area contributed by atoms with Crippen LogP contribution in [0, 0.1) is 5.92 Å². The summed E-state index contributed by atoms with van der Waals surface area (Å²) in [6, 6.07) is 0. The molecule has 1 amide bonds. The van der Waals surface area contributed by atoms with Crippen LogP contribution < -0.4 is 5.32 Å². The first-order valence-corrected chi connectivity index (χ1v) is 4.81. The zero-order valence-electron chi connectivity index (χ0n) is 9.31. The second-order valence-corrected chi connectivity index (χ2v) is 2.85. The van der Waals surface area contributed by atoms with Crippen molar-refractivity contribution >= 4 is 11.7 Å². The molecule has 0 aromatic heterocycles. The standard InChI is InChI=1S/C8H15NO2.C2H6/c1-6(2)8(11)4-5-9-7(3)10;1-2/h6H,4-5H2,1-3H3,(H,9,10);1-2H3. The van der Waals surface area contributed by atoms with Crippen molar-refractivity contribution in [3.63, 3.8) is 0 Å². The van der Waals surface area contributed by atoms with E-state index in [4.69, 9.17) is 0 Å². The maximum Gasteiger partial charge on any atom is 0.216 e. The predicted octanol–water partition coefficient (Wildman–Crippen LogP) is 1.76. The Hall–Kier alpha value is -0.860. The highest BCUT2D eigenvalue weighted by molar-refractivity contribution is 5.81. The van der Waals surface area contributed by atoms with Gasteiger partial charge in [0.05, 0.1) is 0 Å². The topological polar surface area (TPSA) is 46.2 Å². The van der Waals surface area contributed by atoms with Crippen molar-refractivity contribution in [1.29, 1.82) is 0 Å². The van der Waals surface area contributed by atoms with E-state index in [1.165, 1.54) is 6.92 Å². The number of carbonyl (C=O) groups excluding carboxylic acids is 2. The maximum atomic E-state index is 11.0. The number of ketones is 1. The largest absolute Gasteiger partial charge is 0.356 e. The Balaban J connectivity index is 0. The smallest absolute Gasteiger partial charge is 0.216 e. The molecule has 0 saturated heterocycles. The summed E-state index contributed by atoms with van der Waals surface area (Å²) in [6.07, 6.45) is 0.442. The van der Waals surface area contributed by atoms with E-state index in [0.717, 1.165) is 0 Å². The second-order valence-electron chi connectivity index (χ2n) is 2.85. The fourth-order valence-electron chi connectivity index (χ4n) is 0.650. The lowest BCUT2D eigenvalue weighted by atomic mass is 10.1. The summed E-state index contributed by atoms with van der Waals surface area (Å²) < 4.78 is 0. The summed E-state index contributed by atoms with van der Waals surface area (Å²) >= 11 is 0.